The maximum atomic E-state index is 13.1. The molecule has 1 atom stereocenters. The smallest absolute Gasteiger partial charge is 0.307 e. The second kappa shape index (κ2) is 8.00. The van der Waals surface area contributed by atoms with E-state index in [1.165, 1.54) is 19.1 Å². The van der Waals surface area contributed by atoms with Gasteiger partial charge in [-0.1, -0.05) is 24.9 Å². The van der Waals surface area contributed by atoms with Gasteiger partial charge in [0.25, 0.3) is 0 Å². The third-order valence-electron chi connectivity index (χ3n) is 3.22. The fourth-order valence-electron chi connectivity index (χ4n) is 2.03. The van der Waals surface area contributed by atoms with E-state index in [2.05, 4.69) is 23.1 Å². The van der Waals surface area contributed by atoms with Gasteiger partial charge in [-0.3, -0.25) is 4.57 Å². The van der Waals surface area contributed by atoms with Gasteiger partial charge in [-0.2, -0.15) is 13.2 Å². The van der Waals surface area contributed by atoms with E-state index in [1.807, 2.05) is 0 Å². The summed E-state index contributed by atoms with van der Waals surface area (Å²) >= 11 is 3.83. The number of benzene rings is 1. The van der Waals surface area contributed by atoms with Gasteiger partial charge in [0.05, 0.1) is 18.8 Å². The van der Waals surface area contributed by atoms with Crippen LogP contribution in [0.3, 0.4) is 0 Å². The van der Waals surface area contributed by atoms with Crippen molar-refractivity contribution in [1.29, 1.82) is 0 Å². The van der Waals surface area contributed by atoms with Crippen LogP contribution in [0.2, 0.25) is 0 Å². The Hall–Kier alpha value is -0.570. The van der Waals surface area contributed by atoms with E-state index in [4.69, 9.17) is 9.05 Å². The van der Waals surface area contributed by atoms with Gasteiger partial charge in [-0.15, -0.1) is 0 Å². The highest BCUT2D eigenvalue weighted by Gasteiger charge is 2.49. The van der Waals surface area contributed by atoms with Crippen LogP contribution >= 0.6 is 20.4 Å². The van der Waals surface area contributed by atoms with Gasteiger partial charge in [0.15, 0.2) is 5.28 Å². The highest BCUT2D eigenvalue weighted by atomic mass is 32.1. The van der Waals surface area contributed by atoms with Gasteiger partial charge in [0.2, 0.25) is 0 Å². The molecular formula is C13H20F3N2O3PS. The second-order valence-electron chi connectivity index (χ2n) is 4.72. The molecule has 5 nitrogen and oxygen atoms in total. The summed E-state index contributed by atoms with van der Waals surface area (Å²) in [4.78, 5) is 2.36. The summed E-state index contributed by atoms with van der Waals surface area (Å²) < 4.78 is 61.8. The zero-order valence-electron chi connectivity index (χ0n) is 13.0. The molecule has 0 bridgehead atoms. The number of hydrogen-bond acceptors (Lipinski definition) is 6. The maximum absolute atomic E-state index is 13.1. The van der Waals surface area contributed by atoms with E-state index in [0.29, 0.717) is 5.56 Å². The minimum Gasteiger partial charge on any atom is -0.307 e. The molecule has 132 valence electrons. The number of hydrogen-bond donors (Lipinski definition) is 3. The van der Waals surface area contributed by atoms with Crippen molar-refractivity contribution >= 4 is 20.4 Å². The molecule has 1 aromatic carbocycles. The Kier molecular flexibility index (Phi) is 7.12. The van der Waals surface area contributed by atoms with Crippen LogP contribution in [0.5, 0.6) is 0 Å². The van der Waals surface area contributed by atoms with E-state index < -0.39 is 24.6 Å². The number of hydrazine groups is 1. The van der Waals surface area contributed by atoms with Crippen molar-refractivity contribution in [2.45, 2.75) is 32.2 Å². The number of halogens is 3. The summed E-state index contributed by atoms with van der Waals surface area (Å²) in [5.41, 5.74) is 2.17. The average Bonchev–Trinajstić information content (AvgIpc) is 2.47. The molecule has 0 aliphatic rings. The molecule has 0 spiro atoms. The van der Waals surface area contributed by atoms with Gasteiger partial charge in [0, 0.05) is 0 Å². The molecule has 0 aliphatic carbocycles. The molecule has 23 heavy (non-hydrogen) atoms. The largest absolute Gasteiger partial charge is 0.416 e. The first-order valence-corrected chi connectivity index (χ1v) is 8.86. The van der Waals surface area contributed by atoms with Crippen molar-refractivity contribution in [1.82, 2.24) is 10.3 Å². The lowest BCUT2D eigenvalue weighted by molar-refractivity contribution is -0.137. The van der Waals surface area contributed by atoms with Crippen molar-refractivity contribution in [2.75, 3.05) is 13.2 Å². The molecule has 2 N–H and O–H groups in total. The molecule has 0 aromatic heterocycles. The first kappa shape index (κ1) is 20.5. The normalized spacial score (nSPS) is 15.4. The predicted molar refractivity (Wildman–Crippen MR) is 84.9 cm³/mol. The minimum atomic E-state index is -4.45. The van der Waals surface area contributed by atoms with Gasteiger partial charge in [-0.05, 0) is 38.5 Å². The molecule has 0 saturated carbocycles. The van der Waals surface area contributed by atoms with E-state index in [9.17, 15) is 17.7 Å². The van der Waals surface area contributed by atoms with E-state index in [1.54, 1.807) is 13.8 Å². The standard InChI is InChI=1S/C13H20F3N2O3PS/c1-4-20-22(19,21-5-2)12(3,17-18-23)10-6-8-11(9-7-10)13(14,15)16/h6-9,17-18,23H,4-5H2,1-3H3/t12-/m1/s1. The van der Waals surface area contributed by atoms with Gasteiger partial charge < -0.3 is 9.05 Å². The third-order valence-corrected chi connectivity index (χ3v) is 5.99. The van der Waals surface area contributed by atoms with Crippen LogP contribution in [-0.4, -0.2) is 13.2 Å². The number of rotatable bonds is 8. The number of thiol groups is 1. The van der Waals surface area contributed by atoms with Gasteiger partial charge in [-0.25, -0.2) is 10.3 Å². The first-order chi connectivity index (χ1) is 10.6. The average molecular weight is 372 g/mol. The zero-order chi connectivity index (χ0) is 17.7. The van der Waals surface area contributed by atoms with Gasteiger partial charge in [0.1, 0.15) is 0 Å². The summed E-state index contributed by atoms with van der Waals surface area (Å²) in [6, 6.07) is 4.28. The molecule has 0 aliphatic heterocycles. The van der Waals surface area contributed by atoms with E-state index in [0.717, 1.165) is 12.1 Å². The van der Waals surface area contributed by atoms with Crippen molar-refractivity contribution < 1.29 is 26.8 Å². The molecular weight excluding hydrogens is 352 g/mol. The topological polar surface area (TPSA) is 59.6 Å². The Labute approximate surface area is 139 Å². The zero-order valence-corrected chi connectivity index (χ0v) is 14.8. The Morgan fingerprint density at radius 1 is 1.09 bits per heavy atom. The summed E-state index contributed by atoms with van der Waals surface area (Å²) in [5.74, 6) is 0. The Morgan fingerprint density at radius 3 is 1.87 bits per heavy atom. The molecule has 0 amide bonds. The quantitative estimate of drug-likeness (QED) is 0.365. The molecule has 0 saturated heterocycles. The Balaban J connectivity index is 3.35. The SMILES string of the molecule is CCOP(=O)(OCC)[C@@](C)(NNS)c1ccc(C(F)(F)F)cc1. The van der Waals surface area contributed by atoms with E-state index >= 15 is 0 Å². The predicted octanol–water partition coefficient (Wildman–Crippen LogP) is 4.08. The number of nitrogens with one attached hydrogen (secondary N) is 2. The Morgan fingerprint density at radius 2 is 1.52 bits per heavy atom. The summed E-state index contributed by atoms with van der Waals surface area (Å²) in [6.45, 7) is 5.02. The van der Waals surface area contributed by atoms with Crippen LogP contribution in [-0.2, 0) is 25.1 Å². The highest BCUT2D eigenvalue weighted by molar-refractivity contribution is 7.78. The summed E-state index contributed by atoms with van der Waals surface area (Å²) in [5, 5.41) is -1.43. The lowest BCUT2D eigenvalue weighted by Gasteiger charge is -2.36. The number of alkyl halides is 3. The van der Waals surface area contributed by atoms with Crippen molar-refractivity contribution in [2.24, 2.45) is 0 Å². The van der Waals surface area contributed by atoms with Crippen molar-refractivity contribution in [3.8, 4) is 0 Å². The lowest BCUT2D eigenvalue weighted by Crippen LogP contribution is -2.45. The lowest BCUT2D eigenvalue weighted by atomic mass is 10.1. The van der Waals surface area contributed by atoms with Crippen LogP contribution in [0.1, 0.15) is 31.9 Å². The fourth-order valence-corrected chi connectivity index (χ4v) is 4.27. The summed E-state index contributed by atoms with van der Waals surface area (Å²) in [7, 11) is -3.74. The molecule has 1 aromatic rings. The molecule has 1 rings (SSSR count). The molecule has 0 fully saturated rings. The van der Waals surface area contributed by atoms with Gasteiger partial charge >= 0.3 is 13.8 Å². The third kappa shape index (κ3) is 4.49. The first-order valence-electron chi connectivity index (χ1n) is 6.87. The van der Waals surface area contributed by atoms with Crippen molar-refractivity contribution in [3.05, 3.63) is 35.4 Å². The molecule has 0 radical (unpaired) electrons. The van der Waals surface area contributed by atoms with E-state index in [-0.39, 0.29) is 13.2 Å². The van der Waals surface area contributed by atoms with Crippen LogP contribution in [0, 0.1) is 0 Å². The Bertz CT molecular complexity index is 546. The van der Waals surface area contributed by atoms with Crippen molar-refractivity contribution in [3.63, 3.8) is 0 Å². The maximum Gasteiger partial charge on any atom is 0.416 e. The fraction of sp³-hybridized carbons (Fsp3) is 0.538. The molecule has 0 heterocycles. The monoisotopic (exact) mass is 372 g/mol. The van der Waals surface area contributed by atoms with Crippen LogP contribution < -0.4 is 10.3 Å². The summed E-state index contributed by atoms with van der Waals surface area (Å²) in [6.07, 6.45) is -4.45. The minimum absolute atomic E-state index is 0.113. The molecule has 10 heteroatoms. The molecule has 0 unspecified atom stereocenters. The van der Waals surface area contributed by atoms with Crippen LogP contribution in [0.4, 0.5) is 13.2 Å². The van der Waals surface area contributed by atoms with Crippen LogP contribution in [0.15, 0.2) is 24.3 Å². The van der Waals surface area contributed by atoms with Crippen LogP contribution in [0.25, 0.3) is 0 Å². The second-order valence-corrected chi connectivity index (χ2v) is 7.35. The highest BCUT2D eigenvalue weighted by Crippen LogP contribution is 2.63.